The molecule has 2 rings (SSSR count). The standard InChI is InChI=1S/C10H10BrO/c11-9-3-1-2-8(6-12)10(9)7-4-5-7/h1-3,6-7,12H,4-5H2. The Kier molecular flexibility index (Phi) is 2.20. The van der Waals surface area contributed by atoms with E-state index in [1.54, 1.807) is 0 Å². The van der Waals surface area contributed by atoms with Crippen LogP contribution in [0.1, 0.15) is 29.9 Å². The van der Waals surface area contributed by atoms with Crippen molar-refractivity contribution < 1.29 is 5.11 Å². The van der Waals surface area contributed by atoms with Crippen molar-refractivity contribution in [1.29, 1.82) is 0 Å². The summed E-state index contributed by atoms with van der Waals surface area (Å²) in [6, 6.07) is 5.91. The van der Waals surface area contributed by atoms with Crippen LogP contribution in [0, 0.1) is 6.61 Å². The second-order valence-electron chi connectivity index (χ2n) is 3.15. The smallest absolute Gasteiger partial charge is 0.109 e. The van der Waals surface area contributed by atoms with Crippen molar-refractivity contribution in [3.05, 3.63) is 40.4 Å². The van der Waals surface area contributed by atoms with Crippen LogP contribution in [0.2, 0.25) is 0 Å². The lowest BCUT2D eigenvalue weighted by molar-refractivity contribution is 0.413. The third kappa shape index (κ3) is 1.41. The monoisotopic (exact) mass is 225 g/mol. The highest BCUT2D eigenvalue weighted by Crippen LogP contribution is 2.45. The molecule has 1 aliphatic carbocycles. The lowest BCUT2D eigenvalue weighted by atomic mass is 10.0. The zero-order chi connectivity index (χ0) is 8.55. The molecule has 1 aromatic rings. The van der Waals surface area contributed by atoms with E-state index in [9.17, 15) is 0 Å². The van der Waals surface area contributed by atoms with Gasteiger partial charge in [-0.3, -0.25) is 0 Å². The van der Waals surface area contributed by atoms with E-state index in [0.717, 1.165) is 10.0 Å². The van der Waals surface area contributed by atoms with Crippen LogP contribution < -0.4 is 0 Å². The van der Waals surface area contributed by atoms with Gasteiger partial charge in [-0.1, -0.05) is 28.1 Å². The van der Waals surface area contributed by atoms with Crippen LogP contribution in [0.25, 0.3) is 0 Å². The molecule has 0 atom stereocenters. The highest BCUT2D eigenvalue weighted by atomic mass is 79.9. The highest BCUT2D eigenvalue weighted by Gasteiger charge is 2.27. The van der Waals surface area contributed by atoms with Crippen molar-refractivity contribution in [1.82, 2.24) is 0 Å². The average molecular weight is 226 g/mol. The van der Waals surface area contributed by atoms with Gasteiger partial charge in [-0.25, -0.2) is 0 Å². The first-order valence-corrected chi connectivity index (χ1v) is 4.88. The molecule has 0 aromatic heterocycles. The SMILES string of the molecule is O[CH]c1cccc(Br)c1C1CC1. The molecule has 63 valence electrons. The molecule has 1 aromatic carbocycles. The van der Waals surface area contributed by atoms with Gasteiger partial charge in [0.15, 0.2) is 0 Å². The third-order valence-corrected chi connectivity index (χ3v) is 2.90. The molecule has 0 unspecified atom stereocenters. The quantitative estimate of drug-likeness (QED) is 0.820. The minimum Gasteiger partial charge on any atom is -0.385 e. The largest absolute Gasteiger partial charge is 0.385 e. The lowest BCUT2D eigenvalue weighted by Gasteiger charge is -2.07. The number of rotatable bonds is 2. The number of halogens is 1. The first kappa shape index (κ1) is 8.27. The fourth-order valence-electron chi connectivity index (χ4n) is 1.47. The van der Waals surface area contributed by atoms with Gasteiger partial charge in [0.05, 0.1) is 0 Å². The average Bonchev–Trinajstić information content (AvgIpc) is 2.87. The Labute approximate surface area is 80.5 Å². The van der Waals surface area contributed by atoms with Gasteiger partial charge in [0, 0.05) is 4.47 Å². The Morgan fingerprint density at radius 3 is 2.75 bits per heavy atom. The molecule has 1 N–H and O–H groups in total. The van der Waals surface area contributed by atoms with Crippen molar-refractivity contribution >= 4 is 15.9 Å². The fourth-order valence-corrected chi connectivity index (χ4v) is 2.17. The summed E-state index contributed by atoms with van der Waals surface area (Å²) in [5.41, 5.74) is 2.21. The van der Waals surface area contributed by atoms with Crippen LogP contribution in [-0.4, -0.2) is 5.11 Å². The Morgan fingerprint density at radius 1 is 1.42 bits per heavy atom. The summed E-state index contributed by atoms with van der Waals surface area (Å²) in [4.78, 5) is 0. The topological polar surface area (TPSA) is 20.2 Å². The summed E-state index contributed by atoms with van der Waals surface area (Å²) in [5.74, 6) is 0.666. The summed E-state index contributed by atoms with van der Waals surface area (Å²) in [7, 11) is 0. The van der Waals surface area contributed by atoms with Crippen LogP contribution in [0.3, 0.4) is 0 Å². The normalized spacial score (nSPS) is 16.5. The van der Waals surface area contributed by atoms with Crippen LogP contribution in [0.15, 0.2) is 22.7 Å². The van der Waals surface area contributed by atoms with Crippen molar-refractivity contribution in [2.24, 2.45) is 0 Å². The fraction of sp³-hybridized carbons (Fsp3) is 0.300. The molecule has 0 bridgehead atoms. The molecule has 0 amide bonds. The maximum atomic E-state index is 8.97. The molecule has 0 spiro atoms. The van der Waals surface area contributed by atoms with Crippen molar-refractivity contribution in [2.75, 3.05) is 0 Å². The van der Waals surface area contributed by atoms with Crippen molar-refractivity contribution in [2.45, 2.75) is 18.8 Å². The molecule has 0 saturated heterocycles. The summed E-state index contributed by atoms with van der Waals surface area (Å²) in [6.07, 6.45) is 2.51. The maximum Gasteiger partial charge on any atom is 0.109 e. The van der Waals surface area contributed by atoms with Gasteiger partial charge in [0.2, 0.25) is 0 Å². The zero-order valence-corrected chi connectivity index (χ0v) is 8.21. The van der Waals surface area contributed by atoms with E-state index in [-0.39, 0.29) is 0 Å². The Hall–Kier alpha value is -0.340. The van der Waals surface area contributed by atoms with Crippen LogP contribution >= 0.6 is 15.9 Å². The van der Waals surface area contributed by atoms with E-state index in [1.807, 2.05) is 18.2 Å². The van der Waals surface area contributed by atoms with Gasteiger partial charge >= 0.3 is 0 Å². The van der Waals surface area contributed by atoms with Crippen LogP contribution in [-0.2, 0) is 0 Å². The molecular formula is C10H10BrO. The Balaban J connectivity index is 2.45. The third-order valence-electron chi connectivity index (χ3n) is 2.21. The van der Waals surface area contributed by atoms with E-state index in [2.05, 4.69) is 15.9 Å². The molecular weight excluding hydrogens is 216 g/mol. The van der Waals surface area contributed by atoms with E-state index >= 15 is 0 Å². The second kappa shape index (κ2) is 3.19. The van der Waals surface area contributed by atoms with E-state index in [1.165, 1.54) is 25.0 Å². The predicted molar refractivity (Wildman–Crippen MR) is 51.5 cm³/mol. The van der Waals surface area contributed by atoms with Crippen molar-refractivity contribution in [3.63, 3.8) is 0 Å². The number of hydrogen-bond acceptors (Lipinski definition) is 1. The number of hydrogen-bond donors (Lipinski definition) is 1. The maximum absolute atomic E-state index is 8.97. The van der Waals surface area contributed by atoms with Gasteiger partial charge in [0.1, 0.15) is 6.61 Å². The molecule has 1 radical (unpaired) electrons. The molecule has 2 heteroatoms. The molecule has 0 aliphatic heterocycles. The highest BCUT2D eigenvalue weighted by molar-refractivity contribution is 9.10. The van der Waals surface area contributed by atoms with Gasteiger partial charge in [-0.2, -0.15) is 0 Å². The minimum atomic E-state index is 0.666. The predicted octanol–water partition coefficient (Wildman–Crippen LogP) is 3.21. The summed E-state index contributed by atoms with van der Waals surface area (Å²) in [5, 5.41) is 8.97. The molecule has 1 fully saturated rings. The van der Waals surface area contributed by atoms with Gasteiger partial charge in [-0.15, -0.1) is 0 Å². The zero-order valence-electron chi connectivity index (χ0n) is 6.63. The second-order valence-corrected chi connectivity index (χ2v) is 4.00. The first-order chi connectivity index (χ1) is 5.83. The van der Waals surface area contributed by atoms with E-state index in [0.29, 0.717) is 5.92 Å². The Morgan fingerprint density at radius 2 is 2.17 bits per heavy atom. The number of aliphatic hydroxyl groups is 1. The summed E-state index contributed by atoms with van der Waals surface area (Å²) < 4.78 is 1.12. The first-order valence-electron chi connectivity index (χ1n) is 4.09. The number of aliphatic hydroxyl groups excluding tert-OH is 1. The molecule has 1 saturated carbocycles. The van der Waals surface area contributed by atoms with Crippen LogP contribution in [0.5, 0.6) is 0 Å². The summed E-state index contributed by atoms with van der Waals surface area (Å²) in [6.45, 7) is 1.19. The summed E-state index contributed by atoms with van der Waals surface area (Å²) >= 11 is 3.50. The van der Waals surface area contributed by atoms with Crippen LogP contribution in [0.4, 0.5) is 0 Å². The van der Waals surface area contributed by atoms with Gasteiger partial charge < -0.3 is 5.11 Å². The van der Waals surface area contributed by atoms with E-state index in [4.69, 9.17) is 5.11 Å². The van der Waals surface area contributed by atoms with E-state index < -0.39 is 0 Å². The molecule has 1 aliphatic rings. The Bertz CT molecular complexity index is 292. The lowest BCUT2D eigenvalue weighted by Crippen LogP contribution is -1.90. The number of benzene rings is 1. The molecule has 12 heavy (non-hydrogen) atoms. The van der Waals surface area contributed by atoms with Gasteiger partial charge in [-0.05, 0) is 36.0 Å². The van der Waals surface area contributed by atoms with Crippen molar-refractivity contribution in [3.8, 4) is 0 Å². The van der Waals surface area contributed by atoms with Gasteiger partial charge in [0.25, 0.3) is 0 Å². The molecule has 1 nitrogen and oxygen atoms in total. The minimum absolute atomic E-state index is 0.666. The molecule has 0 heterocycles.